The van der Waals surface area contributed by atoms with Crippen LogP contribution in [0.25, 0.3) is 11.4 Å². The first-order chi connectivity index (χ1) is 14.1. The fourth-order valence-electron chi connectivity index (χ4n) is 3.40. The van der Waals surface area contributed by atoms with E-state index in [9.17, 15) is 4.79 Å². The second-order valence-electron chi connectivity index (χ2n) is 7.15. The lowest BCUT2D eigenvalue weighted by molar-refractivity contribution is 0.0793. The zero-order valence-electron chi connectivity index (χ0n) is 16.6. The molecule has 0 saturated carbocycles. The Kier molecular flexibility index (Phi) is 5.46. The van der Waals surface area contributed by atoms with Gasteiger partial charge in [0.1, 0.15) is 5.75 Å². The van der Waals surface area contributed by atoms with E-state index in [2.05, 4.69) is 15.5 Å². The van der Waals surface area contributed by atoms with Crippen molar-refractivity contribution >= 4 is 11.6 Å². The quantitative estimate of drug-likeness (QED) is 0.685. The first-order valence-electron chi connectivity index (χ1n) is 9.75. The summed E-state index contributed by atoms with van der Waals surface area (Å²) < 4.78 is 10.8. The fourth-order valence-corrected chi connectivity index (χ4v) is 3.40. The highest BCUT2D eigenvalue weighted by molar-refractivity contribution is 5.95. The van der Waals surface area contributed by atoms with Crippen molar-refractivity contribution in [3.63, 3.8) is 0 Å². The van der Waals surface area contributed by atoms with Crippen LogP contribution in [0, 0.1) is 6.92 Å². The molecule has 29 heavy (non-hydrogen) atoms. The molecule has 0 unspecified atom stereocenters. The van der Waals surface area contributed by atoms with Crippen LogP contribution in [-0.2, 0) is 6.54 Å². The summed E-state index contributed by atoms with van der Waals surface area (Å²) in [6.07, 6.45) is 2.13. The van der Waals surface area contributed by atoms with Gasteiger partial charge in [-0.25, -0.2) is 0 Å². The average molecular weight is 392 g/mol. The lowest BCUT2D eigenvalue weighted by Gasteiger charge is -2.17. The summed E-state index contributed by atoms with van der Waals surface area (Å²) in [6.45, 7) is 4.00. The van der Waals surface area contributed by atoms with Gasteiger partial charge < -0.3 is 19.5 Å². The number of aromatic nitrogens is 2. The van der Waals surface area contributed by atoms with Crippen LogP contribution in [-0.4, -0.2) is 41.1 Å². The van der Waals surface area contributed by atoms with Gasteiger partial charge in [0.05, 0.1) is 19.3 Å². The van der Waals surface area contributed by atoms with Gasteiger partial charge in [-0.1, -0.05) is 35.0 Å². The molecule has 0 spiro atoms. The van der Waals surface area contributed by atoms with Gasteiger partial charge in [0.25, 0.3) is 5.91 Å². The van der Waals surface area contributed by atoms with Crippen molar-refractivity contribution in [1.29, 1.82) is 0 Å². The second-order valence-corrected chi connectivity index (χ2v) is 7.15. The zero-order chi connectivity index (χ0) is 20.2. The number of carbonyl (C=O) groups excluding carboxylic acids is 1. The number of methoxy groups -OCH3 is 1. The molecule has 1 aliphatic heterocycles. The topological polar surface area (TPSA) is 80.5 Å². The highest BCUT2D eigenvalue weighted by Crippen LogP contribution is 2.27. The van der Waals surface area contributed by atoms with E-state index in [-0.39, 0.29) is 5.91 Å². The summed E-state index contributed by atoms with van der Waals surface area (Å²) in [5.41, 5.74) is 3.43. The molecule has 1 N–H and O–H groups in total. The Morgan fingerprint density at radius 1 is 1.17 bits per heavy atom. The molecule has 2 heterocycles. The van der Waals surface area contributed by atoms with Crippen LogP contribution in [0.2, 0.25) is 0 Å². The number of nitrogens with zero attached hydrogens (tertiary/aromatic N) is 3. The number of amides is 1. The van der Waals surface area contributed by atoms with Gasteiger partial charge in [-0.15, -0.1) is 0 Å². The molecule has 0 bridgehead atoms. The van der Waals surface area contributed by atoms with Gasteiger partial charge >= 0.3 is 0 Å². The molecule has 1 fully saturated rings. The van der Waals surface area contributed by atoms with E-state index < -0.39 is 0 Å². The summed E-state index contributed by atoms with van der Waals surface area (Å²) in [6, 6.07) is 13.4. The van der Waals surface area contributed by atoms with Crippen LogP contribution in [0.5, 0.6) is 5.75 Å². The maximum atomic E-state index is 12.7. The number of carbonyl (C=O) groups is 1. The Morgan fingerprint density at radius 2 is 1.93 bits per heavy atom. The molecule has 1 aliphatic rings. The largest absolute Gasteiger partial charge is 0.495 e. The van der Waals surface area contributed by atoms with Crippen molar-refractivity contribution < 1.29 is 14.1 Å². The molecule has 0 atom stereocenters. The summed E-state index contributed by atoms with van der Waals surface area (Å²) in [7, 11) is 1.60. The number of nitrogens with one attached hydrogen (secondary N) is 1. The van der Waals surface area contributed by atoms with E-state index in [1.807, 2.05) is 42.2 Å². The van der Waals surface area contributed by atoms with Gasteiger partial charge in [0, 0.05) is 24.2 Å². The van der Waals surface area contributed by atoms with Crippen LogP contribution in [0.4, 0.5) is 5.69 Å². The summed E-state index contributed by atoms with van der Waals surface area (Å²) in [4.78, 5) is 19.0. The van der Waals surface area contributed by atoms with E-state index in [1.54, 1.807) is 19.2 Å². The smallest absolute Gasteiger partial charge is 0.253 e. The molecule has 1 aromatic heterocycles. The number of hydrogen-bond donors (Lipinski definition) is 1. The molecule has 4 rings (SSSR count). The van der Waals surface area contributed by atoms with Crippen LogP contribution in [0.15, 0.2) is 47.0 Å². The Morgan fingerprint density at radius 3 is 2.66 bits per heavy atom. The van der Waals surface area contributed by atoms with Crippen LogP contribution >= 0.6 is 0 Å². The normalized spacial score (nSPS) is 13.5. The number of hydrogen-bond acceptors (Lipinski definition) is 6. The first kappa shape index (κ1) is 19.0. The molecule has 7 heteroatoms. The van der Waals surface area contributed by atoms with Crippen molar-refractivity contribution in [3.8, 4) is 17.1 Å². The third-order valence-corrected chi connectivity index (χ3v) is 5.05. The molecular weight excluding hydrogens is 368 g/mol. The molecule has 7 nitrogen and oxygen atoms in total. The van der Waals surface area contributed by atoms with Gasteiger partial charge in [0.2, 0.25) is 11.7 Å². The number of likely N-dealkylation sites (tertiary alicyclic amines) is 1. The third-order valence-electron chi connectivity index (χ3n) is 5.05. The summed E-state index contributed by atoms with van der Waals surface area (Å²) >= 11 is 0. The predicted molar refractivity (Wildman–Crippen MR) is 110 cm³/mol. The maximum Gasteiger partial charge on any atom is 0.253 e. The molecule has 0 aliphatic carbocycles. The minimum atomic E-state index is 0.0488. The standard InChI is InChI=1S/C22H24N4O3/c1-15-5-7-16(8-6-15)21-24-20(29-25-21)14-23-18-13-17(9-10-19(18)28-2)22(27)26-11-3-4-12-26/h5-10,13,23H,3-4,11-12,14H2,1-2H3. The average Bonchev–Trinajstić information content (AvgIpc) is 3.44. The molecule has 150 valence electrons. The van der Waals surface area contributed by atoms with Crippen molar-refractivity contribution in [1.82, 2.24) is 15.0 Å². The van der Waals surface area contributed by atoms with E-state index in [4.69, 9.17) is 9.26 Å². The molecular formula is C22H24N4O3. The van der Waals surface area contributed by atoms with Gasteiger partial charge in [0.15, 0.2) is 0 Å². The highest BCUT2D eigenvalue weighted by Gasteiger charge is 2.20. The van der Waals surface area contributed by atoms with Crippen molar-refractivity contribution in [2.45, 2.75) is 26.3 Å². The lowest BCUT2D eigenvalue weighted by Crippen LogP contribution is -2.27. The summed E-state index contributed by atoms with van der Waals surface area (Å²) in [5, 5.41) is 7.30. The Balaban J connectivity index is 1.48. The Hall–Kier alpha value is -3.35. The highest BCUT2D eigenvalue weighted by atomic mass is 16.5. The van der Waals surface area contributed by atoms with E-state index in [0.717, 1.165) is 31.5 Å². The number of ether oxygens (including phenoxy) is 1. The predicted octanol–water partition coefficient (Wildman–Crippen LogP) is 3.90. The number of rotatable bonds is 6. The minimum Gasteiger partial charge on any atom is -0.495 e. The molecule has 2 aromatic carbocycles. The van der Waals surface area contributed by atoms with Crippen molar-refractivity contribution in [2.24, 2.45) is 0 Å². The SMILES string of the molecule is COc1ccc(C(=O)N2CCCC2)cc1NCc1nc(-c2ccc(C)cc2)no1. The fraction of sp³-hybridized carbons (Fsp3) is 0.318. The molecule has 1 saturated heterocycles. The molecule has 0 radical (unpaired) electrons. The van der Waals surface area contributed by atoms with Gasteiger partial charge in [-0.2, -0.15) is 4.98 Å². The number of benzene rings is 2. The molecule has 3 aromatic rings. The van der Waals surface area contributed by atoms with E-state index >= 15 is 0 Å². The number of aryl methyl sites for hydroxylation is 1. The number of anilines is 1. The monoisotopic (exact) mass is 392 g/mol. The van der Waals surface area contributed by atoms with Crippen molar-refractivity contribution in [2.75, 3.05) is 25.5 Å². The van der Waals surface area contributed by atoms with Gasteiger partial charge in [-0.05, 0) is 38.0 Å². The Bertz CT molecular complexity index is 992. The minimum absolute atomic E-state index is 0.0488. The third kappa shape index (κ3) is 4.23. The first-order valence-corrected chi connectivity index (χ1v) is 9.75. The van der Waals surface area contributed by atoms with Gasteiger partial charge in [-0.3, -0.25) is 4.79 Å². The van der Waals surface area contributed by atoms with E-state index in [1.165, 1.54) is 5.56 Å². The lowest BCUT2D eigenvalue weighted by atomic mass is 10.1. The van der Waals surface area contributed by atoms with Crippen LogP contribution in [0.1, 0.15) is 34.7 Å². The zero-order valence-corrected chi connectivity index (χ0v) is 16.6. The second kappa shape index (κ2) is 8.34. The van der Waals surface area contributed by atoms with Crippen LogP contribution < -0.4 is 10.1 Å². The maximum absolute atomic E-state index is 12.7. The van der Waals surface area contributed by atoms with E-state index in [0.29, 0.717) is 35.3 Å². The van der Waals surface area contributed by atoms with Crippen LogP contribution in [0.3, 0.4) is 0 Å². The summed E-state index contributed by atoms with van der Waals surface area (Å²) in [5.74, 6) is 1.71. The van der Waals surface area contributed by atoms with Crippen molar-refractivity contribution in [3.05, 3.63) is 59.5 Å². The molecule has 1 amide bonds. The Labute approximate surface area is 169 Å².